The molecule has 5 rings (SSSR count). The highest BCUT2D eigenvalue weighted by atomic mass is 32.2. The summed E-state index contributed by atoms with van der Waals surface area (Å²) in [5.74, 6) is 1.46. The maximum Gasteiger partial charge on any atom is 0.176 e. The summed E-state index contributed by atoms with van der Waals surface area (Å²) < 4.78 is 12.5. The molecular weight excluding hydrogens is 406 g/mol. The molecular formula is C24H21N5OS. The SMILES string of the molecule is [O-][S+]1CCN(c2ncccc2CN(c2cccnc2)c2cccnc2)c2ccccc21. The van der Waals surface area contributed by atoms with Gasteiger partial charge in [0.15, 0.2) is 4.90 Å². The van der Waals surface area contributed by atoms with Crippen molar-refractivity contribution in [3.63, 3.8) is 0 Å². The van der Waals surface area contributed by atoms with Crippen molar-refractivity contribution >= 4 is 34.1 Å². The molecule has 3 aromatic heterocycles. The molecule has 4 heterocycles. The second kappa shape index (κ2) is 8.75. The zero-order chi connectivity index (χ0) is 21.0. The Hall–Kier alpha value is -3.42. The summed E-state index contributed by atoms with van der Waals surface area (Å²) in [4.78, 5) is 18.6. The van der Waals surface area contributed by atoms with Gasteiger partial charge < -0.3 is 14.4 Å². The van der Waals surface area contributed by atoms with Gasteiger partial charge in [0.1, 0.15) is 11.6 Å². The van der Waals surface area contributed by atoms with Crippen molar-refractivity contribution in [2.75, 3.05) is 22.1 Å². The average molecular weight is 428 g/mol. The van der Waals surface area contributed by atoms with Gasteiger partial charge in [0, 0.05) is 24.2 Å². The van der Waals surface area contributed by atoms with Crippen LogP contribution >= 0.6 is 0 Å². The fourth-order valence-electron chi connectivity index (χ4n) is 3.82. The first kappa shape index (κ1) is 19.5. The van der Waals surface area contributed by atoms with Gasteiger partial charge in [-0.3, -0.25) is 9.97 Å². The molecule has 0 radical (unpaired) electrons. The van der Waals surface area contributed by atoms with E-state index in [0.717, 1.165) is 33.3 Å². The molecule has 0 N–H and O–H groups in total. The zero-order valence-electron chi connectivity index (χ0n) is 16.8. The van der Waals surface area contributed by atoms with Crippen molar-refractivity contribution in [3.05, 3.63) is 97.2 Å². The van der Waals surface area contributed by atoms with Gasteiger partial charge in [-0.1, -0.05) is 18.2 Å². The number of para-hydroxylation sites is 1. The van der Waals surface area contributed by atoms with Gasteiger partial charge in [-0.2, -0.15) is 0 Å². The lowest BCUT2D eigenvalue weighted by atomic mass is 10.1. The lowest BCUT2D eigenvalue weighted by molar-refractivity contribution is 0.591. The number of aromatic nitrogens is 3. The monoisotopic (exact) mass is 427 g/mol. The molecule has 6 nitrogen and oxygen atoms in total. The molecule has 154 valence electrons. The third kappa shape index (κ3) is 3.97. The molecule has 1 aromatic carbocycles. The van der Waals surface area contributed by atoms with Crippen molar-refractivity contribution in [1.29, 1.82) is 0 Å². The van der Waals surface area contributed by atoms with Gasteiger partial charge in [0.2, 0.25) is 0 Å². The largest absolute Gasteiger partial charge is 0.611 e. The second-order valence-electron chi connectivity index (χ2n) is 7.16. The summed E-state index contributed by atoms with van der Waals surface area (Å²) in [7, 11) is 0. The highest BCUT2D eigenvalue weighted by Crippen LogP contribution is 2.37. The minimum atomic E-state index is -0.983. The maximum absolute atomic E-state index is 12.5. The van der Waals surface area contributed by atoms with Crippen molar-refractivity contribution < 1.29 is 4.55 Å². The molecule has 0 saturated carbocycles. The standard InChI is InChI=1S/C24H21N5OS/c30-31-15-14-28(22-9-1-2-10-23(22)31)24-19(6-3-13-27-24)18-29(20-7-4-11-25-16-20)21-8-5-12-26-17-21/h1-13,16-17H,14-15,18H2. The lowest BCUT2D eigenvalue weighted by Crippen LogP contribution is -2.33. The van der Waals surface area contributed by atoms with Gasteiger partial charge in [-0.15, -0.1) is 0 Å². The quantitative estimate of drug-likeness (QED) is 0.438. The van der Waals surface area contributed by atoms with E-state index in [0.29, 0.717) is 18.8 Å². The molecule has 0 saturated heterocycles. The summed E-state index contributed by atoms with van der Waals surface area (Å²) in [6.45, 7) is 1.26. The van der Waals surface area contributed by atoms with Crippen LogP contribution < -0.4 is 9.80 Å². The Bertz CT molecular complexity index is 1120. The van der Waals surface area contributed by atoms with Crippen LogP contribution in [0.4, 0.5) is 22.9 Å². The van der Waals surface area contributed by atoms with E-state index >= 15 is 0 Å². The van der Waals surface area contributed by atoms with Crippen LogP contribution in [0.3, 0.4) is 0 Å². The molecule has 1 aliphatic heterocycles. The molecule has 0 fully saturated rings. The Morgan fingerprint density at radius 3 is 2.29 bits per heavy atom. The molecule has 31 heavy (non-hydrogen) atoms. The number of hydrogen-bond donors (Lipinski definition) is 0. The molecule has 0 aliphatic carbocycles. The first-order valence-electron chi connectivity index (χ1n) is 10.1. The van der Waals surface area contributed by atoms with Crippen LogP contribution in [0, 0.1) is 0 Å². The van der Waals surface area contributed by atoms with Gasteiger partial charge in [0.25, 0.3) is 0 Å². The minimum Gasteiger partial charge on any atom is -0.611 e. The van der Waals surface area contributed by atoms with Crippen molar-refractivity contribution in [2.24, 2.45) is 0 Å². The number of hydrogen-bond acceptors (Lipinski definition) is 6. The Labute approximate surface area is 184 Å². The van der Waals surface area contributed by atoms with Gasteiger partial charge in [-0.25, -0.2) is 4.98 Å². The van der Waals surface area contributed by atoms with Crippen LogP contribution in [-0.4, -0.2) is 31.8 Å². The molecule has 7 heteroatoms. The van der Waals surface area contributed by atoms with Crippen molar-refractivity contribution in [2.45, 2.75) is 11.4 Å². The predicted octanol–water partition coefficient (Wildman–Crippen LogP) is 4.47. The summed E-state index contributed by atoms with van der Waals surface area (Å²) in [5.41, 5.74) is 3.98. The Morgan fingerprint density at radius 2 is 1.58 bits per heavy atom. The average Bonchev–Trinajstić information content (AvgIpc) is 2.84. The number of benzene rings is 1. The molecule has 1 aliphatic rings. The van der Waals surface area contributed by atoms with Crippen molar-refractivity contribution in [3.8, 4) is 0 Å². The number of anilines is 4. The number of fused-ring (bicyclic) bond motifs is 1. The van der Waals surface area contributed by atoms with E-state index in [-0.39, 0.29) is 0 Å². The normalized spacial score (nSPS) is 15.4. The second-order valence-corrected chi connectivity index (χ2v) is 8.70. The van der Waals surface area contributed by atoms with Crippen LogP contribution in [0.5, 0.6) is 0 Å². The van der Waals surface area contributed by atoms with Crippen LogP contribution in [0.25, 0.3) is 0 Å². The third-order valence-corrected chi connectivity index (χ3v) is 6.66. The molecule has 1 unspecified atom stereocenters. The maximum atomic E-state index is 12.5. The van der Waals surface area contributed by atoms with Gasteiger partial charge in [-0.05, 0) is 53.6 Å². The summed E-state index contributed by atoms with van der Waals surface area (Å²) in [6, 6.07) is 19.9. The third-order valence-electron chi connectivity index (χ3n) is 5.27. The van der Waals surface area contributed by atoms with Gasteiger partial charge >= 0.3 is 0 Å². The molecule has 4 aromatic rings. The van der Waals surface area contributed by atoms with E-state index in [9.17, 15) is 4.55 Å². The lowest BCUT2D eigenvalue weighted by Gasteiger charge is -2.33. The van der Waals surface area contributed by atoms with E-state index in [4.69, 9.17) is 4.98 Å². The Balaban J connectivity index is 1.56. The van der Waals surface area contributed by atoms with Crippen LogP contribution in [0.1, 0.15) is 5.56 Å². The molecule has 0 spiro atoms. The smallest absolute Gasteiger partial charge is 0.176 e. The Kier molecular flexibility index (Phi) is 5.52. The predicted molar refractivity (Wildman–Crippen MR) is 123 cm³/mol. The minimum absolute atomic E-state index is 0.585. The molecule has 1 atom stereocenters. The molecule has 0 bridgehead atoms. The van der Waals surface area contributed by atoms with Crippen LogP contribution in [0.2, 0.25) is 0 Å². The topological polar surface area (TPSA) is 68.2 Å². The highest BCUT2D eigenvalue weighted by molar-refractivity contribution is 7.91. The van der Waals surface area contributed by atoms with Crippen molar-refractivity contribution in [1.82, 2.24) is 15.0 Å². The fourth-order valence-corrected chi connectivity index (χ4v) is 5.03. The van der Waals surface area contributed by atoms with E-state index in [2.05, 4.69) is 25.8 Å². The first-order chi connectivity index (χ1) is 15.3. The van der Waals surface area contributed by atoms with Gasteiger partial charge in [0.05, 0.1) is 42.5 Å². The zero-order valence-corrected chi connectivity index (χ0v) is 17.7. The fraction of sp³-hybridized carbons (Fsp3) is 0.125. The van der Waals surface area contributed by atoms with E-state index in [1.165, 1.54) is 0 Å². The molecule has 0 amide bonds. The first-order valence-corrected chi connectivity index (χ1v) is 11.4. The van der Waals surface area contributed by atoms with Crippen LogP contribution in [-0.2, 0) is 17.7 Å². The number of pyridine rings is 3. The summed E-state index contributed by atoms with van der Waals surface area (Å²) in [5, 5.41) is 0. The van der Waals surface area contributed by atoms with E-state index in [1.807, 2.05) is 73.2 Å². The number of rotatable bonds is 5. The summed E-state index contributed by atoms with van der Waals surface area (Å²) >= 11 is -0.983. The van der Waals surface area contributed by atoms with E-state index < -0.39 is 11.2 Å². The highest BCUT2D eigenvalue weighted by Gasteiger charge is 2.29. The van der Waals surface area contributed by atoms with E-state index in [1.54, 1.807) is 12.4 Å². The van der Waals surface area contributed by atoms with Crippen LogP contribution in [0.15, 0.2) is 96.5 Å². The number of nitrogens with zero attached hydrogens (tertiary/aromatic N) is 5. The summed E-state index contributed by atoms with van der Waals surface area (Å²) in [6.07, 6.45) is 9.05. The Morgan fingerprint density at radius 1 is 0.871 bits per heavy atom.